The Bertz CT molecular complexity index is 1190. The lowest BCUT2D eigenvalue weighted by Gasteiger charge is -2.22. The van der Waals surface area contributed by atoms with Crippen LogP contribution in [0.5, 0.6) is 0 Å². The molecular formula is C73H143NO5. The van der Waals surface area contributed by atoms with Crippen LogP contribution in [0, 0.1) is 0 Å². The van der Waals surface area contributed by atoms with Gasteiger partial charge in [-0.1, -0.05) is 366 Å². The normalized spacial score (nSPS) is 12.5. The van der Waals surface area contributed by atoms with Crippen LogP contribution in [-0.2, 0) is 14.3 Å². The van der Waals surface area contributed by atoms with Crippen LogP contribution in [-0.4, -0.2) is 47.4 Å². The van der Waals surface area contributed by atoms with Gasteiger partial charge in [-0.2, -0.15) is 0 Å². The maximum absolute atomic E-state index is 12.5. The zero-order chi connectivity index (χ0) is 57.1. The van der Waals surface area contributed by atoms with Crippen LogP contribution < -0.4 is 5.32 Å². The Labute approximate surface area is 495 Å². The summed E-state index contributed by atoms with van der Waals surface area (Å²) in [5.74, 6) is -0.00890. The first-order chi connectivity index (χ1) is 39.0. The van der Waals surface area contributed by atoms with E-state index in [4.69, 9.17) is 4.74 Å². The van der Waals surface area contributed by atoms with Gasteiger partial charge in [0.1, 0.15) is 0 Å². The van der Waals surface area contributed by atoms with Crippen LogP contribution in [0.25, 0.3) is 0 Å². The fourth-order valence-electron chi connectivity index (χ4n) is 11.8. The van der Waals surface area contributed by atoms with E-state index in [1.807, 2.05) is 0 Å². The second-order valence-corrected chi connectivity index (χ2v) is 25.3. The molecule has 0 aromatic heterocycles. The first kappa shape index (κ1) is 77.6. The number of allylic oxidation sites excluding steroid dienone is 2. The number of aliphatic hydroxyl groups is 2. The fraction of sp³-hybridized carbons (Fsp3) is 0.945. The molecule has 3 N–H and O–H groups in total. The predicted octanol–water partition coefficient (Wildman–Crippen LogP) is 23.5. The summed E-state index contributed by atoms with van der Waals surface area (Å²) >= 11 is 0. The van der Waals surface area contributed by atoms with Crippen molar-refractivity contribution in [2.45, 2.75) is 431 Å². The van der Waals surface area contributed by atoms with Gasteiger partial charge in [-0.3, -0.25) is 9.59 Å². The number of aliphatic hydroxyl groups excluding tert-OH is 2. The highest BCUT2D eigenvalue weighted by Gasteiger charge is 2.20. The van der Waals surface area contributed by atoms with E-state index >= 15 is 0 Å². The van der Waals surface area contributed by atoms with Gasteiger partial charge in [0.15, 0.2) is 0 Å². The second-order valence-electron chi connectivity index (χ2n) is 25.3. The third-order valence-corrected chi connectivity index (χ3v) is 17.3. The zero-order valence-corrected chi connectivity index (χ0v) is 53.9. The molecule has 0 saturated heterocycles. The molecular weight excluding hydrogens is 971 g/mol. The highest BCUT2D eigenvalue weighted by atomic mass is 16.5. The standard InChI is InChI=1S/C73H143NO5/c1-3-5-7-9-11-13-15-16-17-37-41-44-47-51-55-59-63-67-73(78)79-68-64-60-56-52-48-45-42-39-36-34-32-30-28-26-24-22-20-18-19-21-23-25-27-29-31-33-35-38-40-43-46-50-54-58-62-66-72(77)74-70(69-75)71(76)65-61-57-53-49-14-12-10-8-6-4-2/h16-17,70-71,75-76H,3-15,18-69H2,1-2H3,(H,74,77)/b17-16-. The molecule has 0 aromatic rings. The third kappa shape index (κ3) is 65.6. The van der Waals surface area contributed by atoms with E-state index in [0.29, 0.717) is 25.9 Å². The fourth-order valence-corrected chi connectivity index (χ4v) is 11.8. The Morgan fingerprint density at radius 1 is 0.342 bits per heavy atom. The maximum Gasteiger partial charge on any atom is 0.305 e. The Balaban J connectivity index is 3.27. The van der Waals surface area contributed by atoms with E-state index in [-0.39, 0.29) is 18.5 Å². The number of hydrogen-bond donors (Lipinski definition) is 3. The molecule has 0 heterocycles. The van der Waals surface area contributed by atoms with Crippen LogP contribution in [0.3, 0.4) is 0 Å². The molecule has 6 heteroatoms. The minimum absolute atomic E-state index is 0.0201. The van der Waals surface area contributed by atoms with E-state index in [1.165, 1.54) is 347 Å². The smallest absolute Gasteiger partial charge is 0.305 e. The van der Waals surface area contributed by atoms with Crippen LogP contribution in [0.2, 0.25) is 0 Å². The summed E-state index contributed by atoms with van der Waals surface area (Å²) in [6, 6.07) is -0.535. The van der Waals surface area contributed by atoms with E-state index in [9.17, 15) is 19.8 Å². The molecule has 0 aliphatic rings. The van der Waals surface area contributed by atoms with E-state index in [0.717, 1.165) is 38.5 Å². The number of amides is 1. The van der Waals surface area contributed by atoms with Gasteiger partial charge in [0, 0.05) is 12.8 Å². The molecule has 0 aromatic carbocycles. The first-order valence-corrected chi connectivity index (χ1v) is 36.4. The van der Waals surface area contributed by atoms with Crippen LogP contribution in [0.15, 0.2) is 12.2 Å². The second kappa shape index (κ2) is 69.1. The van der Waals surface area contributed by atoms with Crippen molar-refractivity contribution < 1.29 is 24.5 Å². The molecule has 2 atom stereocenters. The van der Waals surface area contributed by atoms with Gasteiger partial charge in [-0.05, 0) is 51.4 Å². The molecule has 0 radical (unpaired) electrons. The average Bonchev–Trinajstić information content (AvgIpc) is 3.45. The molecule has 0 aliphatic heterocycles. The molecule has 2 unspecified atom stereocenters. The minimum atomic E-state index is -0.658. The summed E-state index contributed by atoms with van der Waals surface area (Å²) in [6.45, 7) is 4.97. The summed E-state index contributed by atoms with van der Waals surface area (Å²) < 4.78 is 5.51. The molecule has 0 fully saturated rings. The maximum atomic E-state index is 12.5. The Hall–Kier alpha value is -1.40. The summed E-state index contributed by atoms with van der Waals surface area (Å²) in [6.07, 6.45) is 85.8. The lowest BCUT2D eigenvalue weighted by Crippen LogP contribution is -2.45. The molecule has 0 rings (SSSR count). The van der Waals surface area contributed by atoms with E-state index < -0.39 is 12.1 Å². The number of hydrogen-bond acceptors (Lipinski definition) is 5. The largest absolute Gasteiger partial charge is 0.466 e. The van der Waals surface area contributed by atoms with Gasteiger partial charge in [0.05, 0.1) is 25.4 Å². The summed E-state index contributed by atoms with van der Waals surface area (Å²) in [4.78, 5) is 24.5. The number of carbonyl (C=O) groups is 2. The molecule has 0 aliphatic carbocycles. The van der Waals surface area contributed by atoms with Crippen molar-refractivity contribution >= 4 is 11.9 Å². The summed E-state index contributed by atoms with van der Waals surface area (Å²) in [5, 5.41) is 23.2. The molecule has 0 spiro atoms. The van der Waals surface area contributed by atoms with Crippen LogP contribution in [0.1, 0.15) is 418 Å². The molecule has 6 nitrogen and oxygen atoms in total. The van der Waals surface area contributed by atoms with Crippen molar-refractivity contribution in [3.8, 4) is 0 Å². The predicted molar refractivity (Wildman–Crippen MR) is 347 cm³/mol. The highest BCUT2D eigenvalue weighted by molar-refractivity contribution is 5.76. The van der Waals surface area contributed by atoms with Gasteiger partial charge in [-0.15, -0.1) is 0 Å². The highest BCUT2D eigenvalue weighted by Crippen LogP contribution is 2.20. The van der Waals surface area contributed by atoms with Gasteiger partial charge < -0.3 is 20.3 Å². The molecule has 0 bridgehead atoms. The zero-order valence-electron chi connectivity index (χ0n) is 53.9. The Morgan fingerprint density at radius 2 is 0.595 bits per heavy atom. The molecule has 79 heavy (non-hydrogen) atoms. The minimum Gasteiger partial charge on any atom is -0.466 e. The number of carbonyl (C=O) groups excluding carboxylic acids is 2. The van der Waals surface area contributed by atoms with E-state index in [1.54, 1.807) is 0 Å². The van der Waals surface area contributed by atoms with Crippen LogP contribution in [0.4, 0.5) is 0 Å². The quantitative estimate of drug-likeness (QED) is 0.0320. The topological polar surface area (TPSA) is 95.9 Å². The van der Waals surface area contributed by atoms with Gasteiger partial charge >= 0.3 is 5.97 Å². The van der Waals surface area contributed by atoms with Crippen molar-refractivity contribution in [2.75, 3.05) is 13.2 Å². The number of nitrogens with one attached hydrogen (secondary N) is 1. The molecule has 1 amide bonds. The van der Waals surface area contributed by atoms with Gasteiger partial charge in [0.2, 0.25) is 5.91 Å². The van der Waals surface area contributed by atoms with Gasteiger partial charge in [-0.25, -0.2) is 0 Å². The molecule has 470 valence electrons. The first-order valence-electron chi connectivity index (χ1n) is 36.4. The van der Waals surface area contributed by atoms with Crippen molar-refractivity contribution in [3.63, 3.8) is 0 Å². The van der Waals surface area contributed by atoms with Crippen molar-refractivity contribution in [1.82, 2.24) is 5.32 Å². The number of ether oxygens (including phenoxy) is 1. The van der Waals surface area contributed by atoms with Crippen molar-refractivity contribution in [1.29, 1.82) is 0 Å². The Morgan fingerprint density at radius 3 is 0.899 bits per heavy atom. The number of rotatable bonds is 69. The SMILES string of the molecule is CCCCCCCC/C=C\CCCCCCCCCC(=O)OCCCCCCCCCCCCCCCCCCCCCCCCCCCCCCCCCCCCCC(=O)NC(CO)C(O)CCCCCCCCCCCC. The monoisotopic (exact) mass is 1110 g/mol. The number of esters is 1. The number of unbranched alkanes of at least 4 members (excludes halogenated alkanes) is 56. The third-order valence-electron chi connectivity index (χ3n) is 17.3. The summed E-state index contributed by atoms with van der Waals surface area (Å²) in [7, 11) is 0. The average molecular weight is 1110 g/mol. The van der Waals surface area contributed by atoms with Crippen molar-refractivity contribution in [3.05, 3.63) is 12.2 Å². The van der Waals surface area contributed by atoms with Gasteiger partial charge in [0.25, 0.3) is 0 Å². The van der Waals surface area contributed by atoms with Crippen molar-refractivity contribution in [2.24, 2.45) is 0 Å². The molecule has 0 saturated carbocycles. The lowest BCUT2D eigenvalue weighted by atomic mass is 10.0. The lowest BCUT2D eigenvalue weighted by molar-refractivity contribution is -0.143. The van der Waals surface area contributed by atoms with E-state index in [2.05, 4.69) is 31.3 Å². The van der Waals surface area contributed by atoms with Crippen LogP contribution >= 0.6 is 0 Å². The Kier molecular flexibility index (Phi) is 67.9. The summed E-state index contributed by atoms with van der Waals surface area (Å²) in [5.41, 5.74) is 0.